The van der Waals surface area contributed by atoms with E-state index in [4.69, 9.17) is 26.2 Å². The molecule has 0 saturated heterocycles. The average molecular weight is 297 g/mol. The Morgan fingerprint density at radius 1 is 1.15 bits per heavy atom. The maximum absolute atomic E-state index is 13.2. The van der Waals surface area contributed by atoms with Gasteiger partial charge in [-0.1, -0.05) is 17.7 Å². The zero-order valence-corrected chi connectivity index (χ0v) is 11.7. The molecular formula is C15H14ClFO3. The molecule has 3 nitrogen and oxygen atoms in total. The van der Waals surface area contributed by atoms with Gasteiger partial charge in [0.15, 0.2) is 11.5 Å². The number of aliphatic hydroxyl groups excluding tert-OH is 1. The predicted molar refractivity (Wildman–Crippen MR) is 74.7 cm³/mol. The second-order valence-corrected chi connectivity index (χ2v) is 4.57. The lowest BCUT2D eigenvalue weighted by atomic mass is 10.2. The summed E-state index contributed by atoms with van der Waals surface area (Å²) in [6.07, 6.45) is 0. The molecule has 0 fully saturated rings. The molecule has 0 aliphatic heterocycles. The van der Waals surface area contributed by atoms with Crippen LogP contribution in [-0.2, 0) is 13.2 Å². The Labute approximate surface area is 121 Å². The first-order valence-electron chi connectivity index (χ1n) is 5.98. The molecule has 0 aromatic heterocycles. The standard InChI is InChI=1S/C15H14ClFO3/c1-19-15-6-10(8-18)2-5-14(15)20-9-11-7-12(17)3-4-13(11)16/h2-7,18H,8-9H2,1H3. The summed E-state index contributed by atoms with van der Waals surface area (Å²) in [5, 5.41) is 9.51. The first-order valence-corrected chi connectivity index (χ1v) is 6.36. The SMILES string of the molecule is COc1cc(CO)ccc1OCc1cc(F)ccc1Cl. The Hall–Kier alpha value is -1.78. The Morgan fingerprint density at radius 2 is 1.95 bits per heavy atom. The van der Waals surface area contributed by atoms with Crippen LogP contribution in [0.3, 0.4) is 0 Å². The number of hydrogen-bond donors (Lipinski definition) is 1. The molecule has 2 aromatic rings. The minimum absolute atomic E-state index is 0.0770. The molecule has 0 spiro atoms. The van der Waals surface area contributed by atoms with E-state index in [1.165, 1.54) is 25.3 Å². The zero-order chi connectivity index (χ0) is 14.5. The van der Waals surface area contributed by atoms with Crippen molar-refractivity contribution in [1.29, 1.82) is 0 Å². The molecule has 0 radical (unpaired) electrons. The second kappa shape index (κ2) is 6.59. The van der Waals surface area contributed by atoms with Crippen LogP contribution < -0.4 is 9.47 Å². The van der Waals surface area contributed by atoms with Crippen LogP contribution >= 0.6 is 11.6 Å². The van der Waals surface area contributed by atoms with Crippen molar-refractivity contribution in [2.45, 2.75) is 13.2 Å². The third-order valence-electron chi connectivity index (χ3n) is 2.80. The number of hydrogen-bond acceptors (Lipinski definition) is 3. The smallest absolute Gasteiger partial charge is 0.161 e. The van der Waals surface area contributed by atoms with Gasteiger partial charge in [-0.3, -0.25) is 0 Å². The topological polar surface area (TPSA) is 38.7 Å². The highest BCUT2D eigenvalue weighted by molar-refractivity contribution is 6.31. The summed E-state index contributed by atoms with van der Waals surface area (Å²) >= 11 is 5.97. The van der Waals surface area contributed by atoms with Gasteiger partial charge in [0.1, 0.15) is 12.4 Å². The van der Waals surface area contributed by atoms with E-state index >= 15 is 0 Å². The quantitative estimate of drug-likeness (QED) is 0.917. The molecule has 5 heteroatoms. The van der Waals surface area contributed by atoms with E-state index in [0.717, 1.165) is 5.56 Å². The summed E-state index contributed by atoms with van der Waals surface area (Å²) < 4.78 is 23.9. The second-order valence-electron chi connectivity index (χ2n) is 4.17. The van der Waals surface area contributed by atoms with E-state index in [-0.39, 0.29) is 19.0 Å². The molecule has 106 valence electrons. The fraction of sp³-hybridized carbons (Fsp3) is 0.200. The van der Waals surface area contributed by atoms with E-state index in [2.05, 4.69) is 0 Å². The first kappa shape index (κ1) is 14.6. The van der Waals surface area contributed by atoms with Gasteiger partial charge in [0.25, 0.3) is 0 Å². The van der Waals surface area contributed by atoms with Crippen LogP contribution in [0.1, 0.15) is 11.1 Å². The van der Waals surface area contributed by atoms with Crippen molar-refractivity contribution >= 4 is 11.6 Å². The average Bonchev–Trinajstić information content (AvgIpc) is 2.48. The minimum Gasteiger partial charge on any atom is -0.493 e. The molecule has 0 saturated carbocycles. The van der Waals surface area contributed by atoms with Crippen molar-refractivity contribution in [1.82, 2.24) is 0 Å². The molecule has 1 N–H and O–H groups in total. The fourth-order valence-corrected chi connectivity index (χ4v) is 1.91. The van der Waals surface area contributed by atoms with Crippen molar-refractivity contribution in [3.63, 3.8) is 0 Å². The normalized spacial score (nSPS) is 10.4. The molecule has 0 atom stereocenters. The number of rotatable bonds is 5. The summed E-state index contributed by atoms with van der Waals surface area (Å²) in [7, 11) is 1.51. The van der Waals surface area contributed by atoms with Crippen LogP contribution in [0, 0.1) is 5.82 Å². The maximum atomic E-state index is 13.2. The van der Waals surface area contributed by atoms with Crippen molar-refractivity contribution in [3.05, 3.63) is 58.4 Å². The highest BCUT2D eigenvalue weighted by atomic mass is 35.5. The van der Waals surface area contributed by atoms with Gasteiger partial charge in [0.2, 0.25) is 0 Å². The largest absolute Gasteiger partial charge is 0.493 e. The Morgan fingerprint density at radius 3 is 2.65 bits per heavy atom. The van der Waals surface area contributed by atoms with Gasteiger partial charge in [0, 0.05) is 10.6 Å². The van der Waals surface area contributed by atoms with E-state index in [1.807, 2.05) is 0 Å². The predicted octanol–water partition coefficient (Wildman–Crippen LogP) is 3.56. The zero-order valence-electron chi connectivity index (χ0n) is 10.9. The molecule has 0 amide bonds. The van der Waals surface area contributed by atoms with Crippen molar-refractivity contribution in [2.75, 3.05) is 7.11 Å². The van der Waals surface area contributed by atoms with Gasteiger partial charge in [-0.05, 0) is 35.9 Å². The van der Waals surface area contributed by atoms with E-state index in [9.17, 15) is 4.39 Å². The molecule has 2 aromatic carbocycles. The fourth-order valence-electron chi connectivity index (χ4n) is 1.74. The monoisotopic (exact) mass is 296 g/mol. The molecule has 0 bridgehead atoms. The maximum Gasteiger partial charge on any atom is 0.161 e. The highest BCUT2D eigenvalue weighted by Gasteiger charge is 2.08. The minimum atomic E-state index is -0.365. The summed E-state index contributed by atoms with van der Waals surface area (Å²) in [4.78, 5) is 0. The summed E-state index contributed by atoms with van der Waals surface area (Å²) in [6, 6.07) is 9.21. The van der Waals surface area contributed by atoms with Crippen LogP contribution in [0.5, 0.6) is 11.5 Å². The molecule has 2 rings (SSSR count). The van der Waals surface area contributed by atoms with Crippen LogP contribution in [0.4, 0.5) is 4.39 Å². The third-order valence-corrected chi connectivity index (χ3v) is 3.17. The number of halogens is 2. The highest BCUT2D eigenvalue weighted by Crippen LogP contribution is 2.29. The number of benzene rings is 2. The van der Waals surface area contributed by atoms with Gasteiger partial charge in [-0.2, -0.15) is 0 Å². The Bertz CT molecular complexity index is 602. The van der Waals surface area contributed by atoms with Gasteiger partial charge < -0.3 is 14.6 Å². The van der Waals surface area contributed by atoms with Crippen LogP contribution in [0.2, 0.25) is 5.02 Å². The molecule has 0 aliphatic carbocycles. The molecule has 20 heavy (non-hydrogen) atoms. The summed E-state index contributed by atoms with van der Waals surface area (Å²) in [5.41, 5.74) is 1.28. The van der Waals surface area contributed by atoms with E-state index in [0.29, 0.717) is 22.1 Å². The van der Waals surface area contributed by atoms with Crippen molar-refractivity contribution in [2.24, 2.45) is 0 Å². The van der Waals surface area contributed by atoms with Crippen LogP contribution in [0.25, 0.3) is 0 Å². The van der Waals surface area contributed by atoms with Crippen molar-refractivity contribution in [3.8, 4) is 11.5 Å². The Kier molecular flexibility index (Phi) is 4.82. The number of methoxy groups -OCH3 is 1. The molecule has 0 heterocycles. The van der Waals surface area contributed by atoms with Crippen molar-refractivity contribution < 1.29 is 19.0 Å². The third kappa shape index (κ3) is 3.40. The summed E-state index contributed by atoms with van der Waals surface area (Å²) in [5.74, 6) is 0.643. The number of aliphatic hydroxyl groups is 1. The summed E-state index contributed by atoms with van der Waals surface area (Å²) in [6.45, 7) is 0.0534. The molecule has 0 aliphatic rings. The van der Waals surface area contributed by atoms with Gasteiger partial charge in [-0.15, -0.1) is 0 Å². The van der Waals surface area contributed by atoms with Gasteiger partial charge in [0.05, 0.1) is 13.7 Å². The number of ether oxygens (including phenoxy) is 2. The first-order chi connectivity index (χ1) is 9.63. The van der Waals surface area contributed by atoms with E-state index < -0.39 is 0 Å². The molecule has 0 unspecified atom stereocenters. The van der Waals surface area contributed by atoms with Gasteiger partial charge >= 0.3 is 0 Å². The van der Waals surface area contributed by atoms with E-state index in [1.54, 1.807) is 18.2 Å². The lowest BCUT2D eigenvalue weighted by Crippen LogP contribution is -1.99. The lowest BCUT2D eigenvalue weighted by Gasteiger charge is -2.12. The van der Waals surface area contributed by atoms with Crippen LogP contribution in [-0.4, -0.2) is 12.2 Å². The Balaban J connectivity index is 2.16. The van der Waals surface area contributed by atoms with Gasteiger partial charge in [-0.25, -0.2) is 4.39 Å². The lowest BCUT2D eigenvalue weighted by molar-refractivity contribution is 0.274. The van der Waals surface area contributed by atoms with Crippen LogP contribution in [0.15, 0.2) is 36.4 Å². The molecular weight excluding hydrogens is 283 g/mol.